The summed E-state index contributed by atoms with van der Waals surface area (Å²) in [6.45, 7) is 4.31. The Bertz CT molecular complexity index is 926. The van der Waals surface area contributed by atoms with Gasteiger partial charge in [-0.3, -0.25) is 4.79 Å². The molecule has 1 amide bonds. The summed E-state index contributed by atoms with van der Waals surface area (Å²) in [5.74, 6) is -0.646. The fraction of sp³-hybridized carbons (Fsp3) is 0.217. The smallest absolute Gasteiger partial charge is 0.340 e. The third-order valence-corrected chi connectivity index (χ3v) is 4.72. The highest BCUT2D eigenvalue weighted by Gasteiger charge is 2.36. The zero-order valence-corrected chi connectivity index (χ0v) is 15.9. The molecule has 0 bridgehead atoms. The molecule has 3 rings (SSSR count). The van der Waals surface area contributed by atoms with E-state index in [-0.39, 0.29) is 5.91 Å². The van der Waals surface area contributed by atoms with E-state index in [1.807, 2.05) is 61.5 Å². The van der Waals surface area contributed by atoms with Gasteiger partial charge in [0.2, 0.25) is 0 Å². The normalized spacial score (nSPS) is 15.6. The molecular weight excluding hydrogens is 338 g/mol. The highest BCUT2D eigenvalue weighted by Crippen LogP contribution is 2.31. The molecule has 4 nitrogen and oxygen atoms in total. The Morgan fingerprint density at radius 3 is 2.48 bits per heavy atom. The number of ether oxygens (including phenoxy) is 1. The van der Waals surface area contributed by atoms with Gasteiger partial charge in [0, 0.05) is 12.2 Å². The Hall–Kier alpha value is -3.14. The number of rotatable bonds is 5. The average molecular weight is 361 g/mol. The van der Waals surface area contributed by atoms with E-state index in [2.05, 4.69) is 0 Å². The van der Waals surface area contributed by atoms with E-state index >= 15 is 0 Å². The molecule has 0 unspecified atom stereocenters. The summed E-state index contributed by atoms with van der Waals surface area (Å²) >= 11 is 0. The van der Waals surface area contributed by atoms with Crippen molar-refractivity contribution in [3.05, 3.63) is 88.1 Å². The van der Waals surface area contributed by atoms with E-state index < -0.39 is 5.97 Å². The predicted octanol–water partition coefficient (Wildman–Crippen LogP) is 3.91. The minimum atomic E-state index is -0.484. The monoisotopic (exact) mass is 361 g/mol. The largest absolute Gasteiger partial charge is 0.465 e. The molecule has 0 saturated carbocycles. The van der Waals surface area contributed by atoms with E-state index in [1.165, 1.54) is 7.11 Å². The lowest BCUT2D eigenvalue weighted by atomic mass is 10.0. The first-order valence-corrected chi connectivity index (χ1v) is 8.95. The molecule has 0 spiro atoms. The maximum Gasteiger partial charge on any atom is 0.340 e. The number of nitrogens with zero attached hydrogens (tertiary/aromatic N) is 1. The van der Waals surface area contributed by atoms with Gasteiger partial charge in [0.15, 0.2) is 0 Å². The van der Waals surface area contributed by atoms with Crippen LogP contribution in [0.25, 0.3) is 6.08 Å². The first-order chi connectivity index (χ1) is 13.0. The van der Waals surface area contributed by atoms with Gasteiger partial charge in [-0.25, -0.2) is 4.79 Å². The molecule has 0 saturated heterocycles. The number of carbonyl (C=O) groups excluding carboxylic acids is 2. The highest BCUT2D eigenvalue weighted by molar-refractivity contribution is 6.16. The Morgan fingerprint density at radius 2 is 1.81 bits per heavy atom. The number of hydrogen-bond donors (Lipinski definition) is 0. The molecule has 2 aromatic rings. The minimum absolute atomic E-state index is 0.162. The summed E-state index contributed by atoms with van der Waals surface area (Å²) in [4.78, 5) is 27.1. The van der Waals surface area contributed by atoms with E-state index in [0.717, 1.165) is 23.1 Å². The molecule has 138 valence electrons. The third-order valence-electron chi connectivity index (χ3n) is 4.72. The molecule has 1 aliphatic heterocycles. The average Bonchev–Trinajstić information content (AvgIpc) is 2.90. The second-order valence-corrected chi connectivity index (χ2v) is 6.62. The van der Waals surface area contributed by atoms with Crippen LogP contribution in [0.4, 0.5) is 0 Å². The van der Waals surface area contributed by atoms with Crippen LogP contribution in [0.1, 0.15) is 23.6 Å². The van der Waals surface area contributed by atoms with E-state index in [4.69, 9.17) is 4.74 Å². The maximum absolute atomic E-state index is 13.1. The molecule has 2 aromatic carbocycles. The number of allylic oxidation sites excluding steroid dienone is 1. The van der Waals surface area contributed by atoms with Crippen LogP contribution in [0.3, 0.4) is 0 Å². The molecule has 0 N–H and O–H groups in total. The van der Waals surface area contributed by atoms with Crippen LogP contribution in [-0.4, -0.2) is 30.4 Å². The van der Waals surface area contributed by atoms with Gasteiger partial charge in [-0.15, -0.1) is 0 Å². The van der Waals surface area contributed by atoms with Crippen LogP contribution in [0.5, 0.6) is 0 Å². The van der Waals surface area contributed by atoms with Gasteiger partial charge in [-0.05, 0) is 37.5 Å². The fourth-order valence-electron chi connectivity index (χ4n) is 3.31. The molecule has 0 aliphatic carbocycles. The fourth-order valence-corrected chi connectivity index (χ4v) is 3.31. The zero-order valence-electron chi connectivity index (χ0n) is 15.9. The summed E-state index contributed by atoms with van der Waals surface area (Å²) in [5, 5.41) is 0. The molecule has 0 fully saturated rings. The number of esters is 1. The molecule has 27 heavy (non-hydrogen) atoms. The molecule has 1 heterocycles. The highest BCUT2D eigenvalue weighted by atomic mass is 16.5. The molecule has 0 atom stereocenters. The van der Waals surface area contributed by atoms with E-state index in [0.29, 0.717) is 23.4 Å². The summed E-state index contributed by atoms with van der Waals surface area (Å²) in [6.07, 6.45) is 2.49. The second kappa shape index (κ2) is 8.04. The topological polar surface area (TPSA) is 46.6 Å². The maximum atomic E-state index is 13.1. The number of carbonyl (C=O) groups is 2. The van der Waals surface area contributed by atoms with Gasteiger partial charge < -0.3 is 9.64 Å². The van der Waals surface area contributed by atoms with Crippen molar-refractivity contribution in [3.8, 4) is 0 Å². The lowest BCUT2D eigenvalue weighted by molar-refractivity contribution is -0.136. The van der Waals surface area contributed by atoms with Crippen molar-refractivity contribution in [2.75, 3.05) is 13.7 Å². The zero-order chi connectivity index (χ0) is 19.4. The SMILES string of the molecule is COC(=O)C1=C(C)N(CCc2ccccc2)C(=O)/C1=C\c1cccc(C)c1. The van der Waals surface area contributed by atoms with Crippen LogP contribution < -0.4 is 0 Å². The summed E-state index contributed by atoms with van der Waals surface area (Å²) in [5.41, 5.74) is 4.50. The molecule has 1 aliphatic rings. The Morgan fingerprint density at radius 1 is 1.07 bits per heavy atom. The van der Waals surface area contributed by atoms with E-state index in [1.54, 1.807) is 17.9 Å². The van der Waals surface area contributed by atoms with E-state index in [9.17, 15) is 9.59 Å². The van der Waals surface area contributed by atoms with Gasteiger partial charge in [0.25, 0.3) is 5.91 Å². The van der Waals surface area contributed by atoms with Gasteiger partial charge in [-0.1, -0.05) is 60.2 Å². The van der Waals surface area contributed by atoms with Crippen LogP contribution in [-0.2, 0) is 20.7 Å². The number of methoxy groups -OCH3 is 1. The number of amides is 1. The van der Waals surface area contributed by atoms with Crippen LogP contribution in [0.15, 0.2) is 71.4 Å². The lowest BCUT2D eigenvalue weighted by Gasteiger charge is -2.17. The van der Waals surface area contributed by atoms with Crippen molar-refractivity contribution in [1.29, 1.82) is 0 Å². The number of aryl methyl sites for hydroxylation is 1. The Kier molecular flexibility index (Phi) is 5.55. The van der Waals surface area contributed by atoms with Crippen molar-refractivity contribution in [3.63, 3.8) is 0 Å². The van der Waals surface area contributed by atoms with Crippen LogP contribution in [0, 0.1) is 6.92 Å². The van der Waals surface area contributed by atoms with Crippen molar-refractivity contribution >= 4 is 18.0 Å². The van der Waals surface area contributed by atoms with Gasteiger partial charge >= 0.3 is 5.97 Å². The second-order valence-electron chi connectivity index (χ2n) is 6.62. The summed E-state index contributed by atoms with van der Waals surface area (Å²) in [7, 11) is 1.34. The molecule has 0 aromatic heterocycles. The standard InChI is InChI=1S/C23H23NO3/c1-16-8-7-11-19(14-16)15-20-21(23(26)27-3)17(2)24(22(20)25)13-12-18-9-5-4-6-10-18/h4-11,14-15H,12-13H2,1-3H3/b20-15-. The Balaban J connectivity index is 1.94. The van der Waals surface area contributed by atoms with Crippen molar-refractivity contribution < 1.29 is 14.3 Å². The van der Waals surface area contributed by atoms with Gasteiger partial charge in [-0.2, -0.15) is 0 Å². The Labute approximate surface area is 159 Å². The summed E-state index contributed by atoms with van der Waals surface area (Å²) < 4.78 is 4.94. The molecule has 4 heteroatoms. The lowest BCUT2D eigenvalue weighted by Crippen LogP contribution is -2.27. The van der Waals surface area contributed by atoms with Gasteiger partial charge in [0.1, 0.15) is 0 Å². The number of benzene rings is 2. The number of hydrogen-bond acceptors (Lipinski definition) is 3. The quantitative estimate of drug-likeness (QED) is 0.599. The van der Waals surface area contributed by atoms with Crippen molar-refractivity contribution in [2.24, 2.45) is 0 Å². The predicted molar refractivity (Wildman–Crippen MR) is 106 cm³/mol. The third kappa shape index (κ3) is 4.00. The molecular formula is C23H23NO3. The molecule has 0 radical (unpaired) electrons. The van der Waals surface area contributed by atoms with Crippen molar-refractivity contribution in [1.82, 2.24) is 4.90 Å². The summed E-state index contributed by atoms with van der Waals surface area (Å²) in [6, 6.07) is 17.8. The van der Waals surface area contributed by atoms with Crippen LogP contribution in [0.2, 0.25) is 0 Å². The van der Waals surface area contributed by atoms with Crippen LogP contribution >= 0.6 is 0 Å². The minimum Gasteiger partial charge on any atom is -0.465 e. The van der Waals surface area contributed by atoms with Gasteiger partial charge in [0.05, 0.1) is 18.3 Å². The first-order valence-electron chi connectivity index (χ1n) is 8.95. The first kappa shape index (κ1) is 18.6. The van der Waals surface area contributed by atoms with Crippen molar-refractivity contribution in [2.45, 2.75) is 20.3 Å².